The quantitative estimate of drug-likeness (QED) is 0.231. The van der Waals surface area contributed by atoms with Crippen LogP contribution in [0.2, 0.25) is 0 Å². The predicted octanol–water partition coefficient (Wildman–Crippen LogP) is 5.49. The smallest absolute Gasteiger partial charge is 0.327 e. The van der Waals surface area contributed by atoms with E-state index in [1.54, 1.807) is 0 Å². The van der Waals surface area contributed by atoms with Gasteiger partial charge >= 0.3 is 10.5 Å². The molecule has 1 aliphatic rings. The summed E-state index contributed by atoms with van der Waals surface area (Å²) in [6.45, 7) is -1.33. The van der Waals surface area contributed by atoms with Crippen molar-refractivity contribution >= 4 is 43.9 Å². The Labute approximate surface area is 260 Å². The Morgan fingerprint density at radius 1 is 0.644 bits per heavy atom. The van der Waals surface area contributed by atoms with Crippen LogP contribution in [0.15, 0.2) is 119 Å². The molecule has 0 radical (unpaired) electrons. The third kappa shape index (κ3) is 7.30. The molecule has 242 valence electrons. The standard InChI is InChI=1S/C18H12F3NO4S.C10H10F3NO2S.ClH/c19-15(18(20,21)27(25,26)12-6-2-1-3-7-12)10-11-22-16(23)13-8-4-5-9-14(13)17(22)24;11-9(6-7-14)10(12,13)17(15,16)8-4-2-1-3-5-8;/h1-10H,11H2;1-6H,7,14H2;1H/b15-10-;9-6-;. The first-order valence-electron chi connectivity index (χ1n) is 12.2. The van der Waals surface area contributed by atoms with Gasteiger partial charge in [-0.2, -0.15) is 17.6 Å². The van der Waals surface area contributed by atoms with Gasteiger partial charge in [0.2, 0.25) is 0 Å². The number of fused-ring (bicyclic) bond motifs is 1. The molecular weight excluding hydrogens is 674 g/mol. The number of alkyl halides is 4. The Balaban J connectivity index is 0.000000340. The molecule has 0 aliphatic carbocycles. The second-order valence-corrected chi connectivity index (χ2v) is 12.8. The fourth-order valence-electron chi connectivity index (χ4n) is 3.67. The van der Waals surface area contributed by atoms with Crippen LogP contribution in [0.4, 0.5) is 26.3 Å². The van der Waals surface area contributed by atoms with E-state index in [-0.39, 0.29) is 29.6 Å². The number of sulfone groups is 2. The maximum Gasteiger partial charge on any atom is 0.400 e. The average molecular weight is 697 g/mol. The molecule has 2 N–H and O–H groups in total. The van der Waals surface area contributed by atoms with E-state index in [0.717, 1.165) is 24.3 Å². The zero-order chi connectivity index (χ0) is 32.9. The van der Waals surface area contributed by atoms with E-state index in [1.165, 1.54) is 60.7 Å². The number of imide groups is 1. The summed E-state index contributed by atoms with van der Waals surface area (Å²) in [5.41, 5.74) is 5.00. The van der Waals surface area contributed by atoms with E-state index in [2.05, 4.69) is 0 Å². The molecule has 0 bridgehead atoms. The number of rotatable bonds is 9. The molecule has 3 aromatic carbocycles. The van der Waals surface area contributed by atoms with Gasteiger partial charge in [-0.15, -0.1) is 12.4 Å². The van der Waals surface area contributed by atoms with Gasteiger partial charge in [-0.05, 0) is 48.6 Å². The van der Waals surface area contributed by atoms with E-state index >= 15 is 0 Å². The Kier molecular flexibility index (Phi) is 11.9. The highest BCUT2D eigenvalue weighted by Gasteiger charge is 2.51. The summed E-state index contributed by atoms with van der Waals surface area (Å²) < 4.78 is 129. The van der Waals surface area contributed by atoms with Crippen molar-refractivity contribution in [3.8, 4) is 0 Å². The first-order chi connectivity index (χ1) is 20.5. The Morgan fingerprint density at radius 3 is 1.33 bits per heavy atom. The number of hydrogen-bond donors (Lipinski definition) is 1. The van der Waals surface area contributed by atoms with E-state index in [4.69, 9.17) is 5.73 Å². The van der Waals surface area contributed by atoms with Gasteiger partial charge in [0.05, 0.1) is 27.5 Å². The van der Waals surface area contributed by atoms with Crippen LogP contribution in [0.1, 0.15) is 20.7 Å². The minimum Gasteiger partial charge on any atom is -0.327 e. The molecule has 0 saturated carbocycles. The van der Waals surface area contributed by atoms with Crippen LogP contribution >= 0.6 is 12.4 Å². The average Bonchev–Trinajstić information content (AvgIpc) is 3.25. The number of nitrogens with zero attached hydrogens (tertiary/aromatic N) is 1. The summed E-state index contributed by atoms with van der Waals surface area (Å²) in [6, 6.07) is 17.4. The zero-order valence-electron chi connectivity index (χ0n) is 22.6. The van der Waals surface area contributed by atoms with Crippen molar-refractivity contribution in [2.75, 3.05) is 13.1 Å². The van der Waals surface area contributed by atoms with Gasteiger partial charge in [0.1, 0.15) is 0 Å². The van der Waals surface area contributed by atoms with Gasteiger partial charge in [0, 0.05) is 6.54 Å². The Bertz CT molecular complexity index is 1790. The number of hydrogen-bond acceptors (Lipinski definition) is 7. The van der Waals surface area contributed by atoms with E-state index < -0.39 is 76.5 Å². The van der Waals surface area contributed by atoms with Crippen molar-refractivity contribution in [2.45, 2.75) is 20.3 Å². The van der Waals surface area contributed by atoms with Crippen molar-refractivity contribution in [1.82, 2.24) is 4.90 Å². The van der Waals surface area contributed by atoms with Crippen molar-refractivity contribution in [1.29, 1.82) is 0 Å². The van der Waals surface area contributed by atoms with Crippen LogP contribution in [0, 0.1) is 0 Å². The molecular formula is C28H23ClF6N2O6S2. The second-order valence-electron chi connectivity index (χ2n) is 8.77. The third-order valence-electron chi connectivity index (χ3n) is 5.97. The highest BCUT2D eigenvalue weighted by Crippen LogP contribution is 2.37. The molecule has 0 fully saturated rings. The first-order valence-corrected chi connectivity index (χ1v) is 15.2. The molecule has 0 atom stereocenters. The molecule has 1 heterocycles. The maximum atomic E-state index is 14.2. The van der Waals surface area contributed by atoms with Gasteiger partial charge in [0.25, 0.3) is 31.5 Å². The molecule has 1 aliphatic heterocycles. The Morgan fingerprint density at radius 2 is 0.978 bits per heavy atom. The van der Waals surface area contributed by atoms with Gasteiger partial charge in [0.15, 0.2) is 11.7 Å². The van der Waals surface area contributed by atoms with Crippen LogP contribution < -0.4 is 5.73 Å². The van der Waals surface area contributed by atoms with Gasteiger partial charge < -0.3 is 5.73 Å². The van der Waals surface area contributed by atoms with Crippen LogP contribution in [-0.4, -0.2) is 57.1 Å². The van der Waals surface area contributed by atoms with E-state index in [9.17, 15) is 52.8 Å². The van der Waals surface area contributed by atoms with E-state index in [1.807, 2.05) is 0 Å². The molecule has 0 spiro atoms. The minimum absolute atomic E-state index is 0. The topological polar surface area (TPSA) is 132 Å². The molecule has 0 aromatic heterocycles. The van der Waals surface area contributed by atoms with Crippen molar-refractivity contribution in [3.05, 3.63) is 120 Å². The summed E-state index contributed by atoms with van der Waals surface area (Å²) in [5, 5.41) is -9.44. The van der Waals surface area contributed by atoms with Crippen LogP contribution in [0.5, 0.6) is 0 Å². The number of carbonyl (C=O) groups is 2. The van der Waals surface area contributed by atoms with Crippen LogP contribution in [-0.2, 0) is 19.7 Å². The zero-order valence-corrected chi connectivity index (χ0v) is 25.1. The molecule has 8 nitrogen and oxygen atoms in total. The Hall–Kier alpha value is -3.99. The minimum atomic E-state index is -5.33. The number of carbonyl (C=O) groups excluding carboxylic acids is 2. The van der Waals surface area contributed by atoms with Crippen molar-refractivity contribution < 1.29 is 52.8 Å². The van der Waals surface area contributed by atoms with Crippen LogP contribution in [0.3, 0.4) is 0 Å². The number of nitrogens with two attached hydrogens (primary N) is 1. The fourth-order valence-corrected chi connectivity index (χ4v) is 5.97. The molecule has 2 amide bonds. The van der Waals surface area contributed by atoms with Gasteiger partial charge in [-0.3, -0.25) is 14.5 Å². The van der Waals surface area contributed by atoms with Crippen molar-refractivity contribution in [3.63, 3.8) is 0 Å². The lowest BCUT2D eigenvalue weighted by Crippen LogP contribution is -2.33. The largest absolute Gasteiger partial charge is 0.400 e. The molecule has 0 unspecified atom stereocenters. The normalized spacial score (nSPS) is 14.3. The van der Waals surface area contributed by atoms with Crippen LogP contribution in [0.25, 0.3) is 0 Å². The van der Waals surface area contributed by atoms with Gasteiger partial charge in [-0.1, -0.05) is 48.5 Å². The fraction of sp³-hybridized carbons (Fsp3) is 0.143. The lowest BCUT2D eigenvalue weighted by molar-refractivity contribution is 0.0665. The lowest BCUT2D eigenvalue weighted by atomic mass is 10.1. The third-order valence-corrected chi connectivity index (χ3v) is 9.49. The molecule has 3 aromatic rings. The summed E-state index contributed by atoms with van der Waals surface area (Å²) >= 11 is 0. The highest BCUT2D eigenvalue weighted by atomic mass is 35.5. The summed E-state index contributed by atoms with van der Waals surface area (Å²) in [7, 11) is -10.4. The summed E-state index contributed by atoms with van der Waals surface area (Å²) in [4.78, 5) is 23.4. The summed E-state index contributed by atoms with van der Waals surface area (Å²) in [6.07, 6.45) is 0.558. The molecule has 45 heavy (non-hydrogen) atoms. The molecule has 0 saturated heterocycles. The lowest BCUT2D eigenvalue weighted by Gasteiger charge is -2.16. The number of amides is 2. The van der Waals surface area contributed by atoms with Crippen molar-refractivity contribution in [2.24, 2.45) is 5.73 Å². The van der Waals surface area contributed by atoms with E-state index in [0.29, 0.717) is 11.0 Å². The first kappa shape index (κ1) is 37.2. The summed E-state index contributed by atoms with van der Waals surface area (Å²) in [5.74, 6) is -5.87. The van der Waals surface area contributed by atoms with Gasteiger partial charge in [-0.25, -0.2) is 25.6 Å². The number of benzene rings is 3. The maximum absolute atomic E-state index is 14.2. The highest BCUT2D eigenvalue weighted by molar-refractivity contribution is 7.93. The second kappa shape index (κ2) is 14.4. The monoisotopic (exact) mass is 696 g/mol. The molecule has 4 rings (SSSR count). The predicted molar refractivity (Wildman–Crippen MR) is 154 cm³/mol. The SMILES string of the molecule is Cl.NC/C=C(\F)C(F)(F)S(=O)(=O)c1ccccc1.O=C1c2ccccc2C(=O)N1C/C=C(\F)C(F)(F)S(=O)(=O)c1ccccc1. The molecule has 17 heteroatoms. The number of halogens is 7.